The minimum Gasteiger partial charge on any atom is -0.383 e. The number of benzene rings is 2. The van der Waals surface area contributed by atoms with E-state index < -0.39 is 15.5 Å². The number of carbonyl (C=O) groups is 1. The van der Waals surface area contributed by atoms with Crippen molar-refractivity contribution in [1.29, 1.82) is 0 Å². The van der Waals surface area contributed by atoms with E-state index in [-0.39, 0.29) is 31.2 Å². The Balaban J connectivity index is 0.00000272. The fraction of sp³-hybridized carbons (Fsp3) is 0.435. The highest BCUT2D eigenvalue weighted by molar-refractivity contribution is 7.86. The summed E-state index contributed by atoms with van der Waals surface area (Å²) in [7, 11) is -3.61. The molecule has 1 aliphatic heterocycles. The lowest BCUT2D eigenvalue weighted by Crippen LogP contribution is -2.41. The Bertz CT molecular complexity index is 1000. The molecular weight excluding hydrogens is 432 g/mol. The highest BCUT2D eigenvalue weighted by Gasteiger charge is 2.52. The maximum absolute atomic E-state index is 13.4. The van der Waals surface area contributed by atoms with Crippen molar-refractivity contribution in [3.63, 3.8) is 0 Å². The molecule has 1 saturated carbocycles. The van der Waals surface area contributed by atoms with Crippen LogP contribution in [-0.2, 0) is 20.3 Å². The molecule has 1 atom stereocenters. The first-order valence-electron chi connectivity index (χ1n) is 10.4. The van der Waals surface area contributed by atoms with Crippen LogP contribution in [0, 0.1) is 0 Å². The second-order valence-electron chi connectivity index (χ2n) is 8.34. The van der Waals surface area contributed by atoms with Crippen molar-refractivity contribution in [2.75, 3.05) is 25.9 Å². The zero-order valence-corrected chi connectivity index (χ0v) is 19.5. The highest BCUT2D eigenvalue weighted by Crippen LogP contribution is 2.49. The zero-order chi connectivity index (χ0) is 21.2. The predicted molar refractivity (Wildman–Crippen MR) is 126 cm³/mol. The Morgan fingerprint density at radius 1 is 1.10 bits per heavy atom. The molecule has 2 fully saturated rings. The van der Waals surface area contributed by atoms with Crippen molar-refractivity contribution >= 4 is 29.5 Å². The third kappa shape index (κ3) is 5.81. The molecule has 1 aliphatic carbocycles. The first-order chi connectivity index (χ1) is 14.4. The first-order valence-corrected chi connectivity index (χ1v) is 12.3. The maximum Gasteiger partial charge on any atom is 0.306 e. The van der Waals surface area contributed by atoms with Gasteiger partial charge in [0.05, 0.1) is 17.7 Å². The fourth-order valence-corrected chi connectivity index (χ4v) is 4.69. The van der Waals surface area contributed by atoms with E-state index in [1.54, 1.807) is 18.2 Å². The summed E-state index contributed by atoms with van der Waals surface area (Å²) in [6, 6.07) is 16.9. The number of rotatable bonds is 8. The molecule has 8 heteroatoms. The molecular formula is C23H30N2O4S2. The summed E-state index contributed by atoms with van der Waals surface area (Å²) in [6.07, 6.45) is 4.90. The van der Waals surface area contributed by atoms with Gasteiger partial charge in [0, 0.05) is 6.54 Å². The van der Waals surface area contributed by atoms with Crippen LogP contribution in [-0.4, -0.2) is 45.1 Å². The van der Waals surface area contributed by atoms with Crippen molar-refractivity contribution in [2.24, 2.45) is 0 Å². The van der Waals surface area contributed by atoms with Crippen LogP contribution in [0.1, 0.15) is 42.9 Å². The van der Waals surface area contributed by atoms with Gasteiger partial charge in [-0.2, -0.15) is 21.9 Å². The van der Waals surface area contributed by atoms with Gasteiger partial charge in [0.1, 0.15) is 5.75 Å². The SMILES string of the molecule is CS(=O)(=O)Oc1cccc(C2(C(=O)N[C@H](CN3CCCC3)c3ccccc3)CC2)c1.S. The van der Waals surface area contributed by atoms with Gasteiger partial charge in [-0.05, 0) is 62.0 Å². The van der Waals surface area contributed by atoms with Gasteiger partial charge in [-0.3, -0.25) is 4.79 Å². The molecule has 2 aromatic rings. The molecule has 1 heterocycles. The summed E-state index contributed by atoms with van der Waals surface area (Å²) in [4.78, 5) is 15.8. The molecule has 168 valence electrons. The third-order valence-corrected chi connectivity index (χ3v) is 6.46. The van der Waals surface area contributed by atoms with Crippen LogP contribution < -0.4 is 9.50 Å². The predicted octanol–water partition coefficient (Wildman–Crippen LogP) is 3.12. The molecule has 2 aromatic carbocycles. The van der Waals surface area contributed by atoms with Crippen LogP contribution in [0.4, 0.5) is 0 Å². The fourth-order valence-electron chi connectivity index (χ4n) is 4.23. The van der Waals surface area contributed by atoms with Crippen LogP contribution in [0.25, 0.3) is 0 Å². The lowest BCUT2D eigenvalue weighted by molar-refractivity contribution is -0.124. The van der Waals surface area contributed by atoms with Crippen LogP contribution in [0.3, 0.4) is 0 Å². The van der Waals surface area contributed by atoms with E-state index in [1.165, 1.54) is 12.8 Å². The van der Waals surface area contributed by atoms with Gasteiger partial charge in [-0.1, -0.05) is 42.5 Å². The maximum atomic E-state index is 13.4. The quantitative estimate of drug-likeness (QED) is 0.610. The molecule has 0 unspecified atom stereocenters. The minimum absolute atomic E-state index is 0. The Hall–Kier alpha value is -2.03. The van der Waals surface area contributed by atoms with Crippen molar-refractivity contribution in [3.05, 3.63) is 65.7 Å². The average Bonchev–Trinajstić information content (AvgIpc) is 3.37. The van der Waals surface area contributed by atoms with E-state index in [0.717, 1.165) is 49.9 Å². The minimum atomic E-state index is -3.61. The van der Waals surface area contributed by atoms with Gasteiger partial charge >= 0.3 is 10.1 Å². The van der Waals surface area contributed by atoms with Gasteiger partial charge < -0.3 is 14.4 Å². The number of nitrogens with one attached hydrogen (secondary N) is 1. The Morgan fingerprint density at radius 2 is 1.77 bits per heavy atom. The number of hydrogen-bond donors (Lipinski definition) is 1. The number of hydrogen-bond acceptors (Lipinski definition) is 5. The summed E-state index contributed by atoms with van der Waals surface area (Å²) >= 11 is 0. The number of carbonyl (C=O) groups excluding carboxylic acids is 1. The van der Waals surface area contributed by atoms with Crippen LogP contribution in [0.2, 0.25) is 0 Å². The van der Waals surface area contributed by atoms with Gasteiger partial charge in [-0.15, -0.1) is 0 Å². The summed E-state index contributed by atoms with van der Waals surface area (Å²) in [6.45, 7) is 2.92. The summed E-state index contributed by atoms with van der Waals surface area (Å²) in [5.74, 6) is 0.234. The number of amides is 1. The molecule has 1 amide bonds. The van der Waals surface area contributed by atoms with E-state index in [1.807, 2.05) is 24.3 Å². The van der Waals surface area contributed by atoms with Gasteiger partial charge in [0.25, 0.3) is 0 Å². The van der Waals surface area contributed by atoms with Crippen molar-refractivity contribution in [3.8, 4) is 5.75 Å². The highest BCUT2D eigenvalue weighted by atomic mass is 32.2. The monoisotopic (exact) mass is 462 g/mol. The molecule has 31 heavy (non-hydrogen) atoms. The molecule has 4 rings (SSSR count). The molecule has 6 nitrogen and oxygen atoms in total. The van der Waals surface area contributed by atoms with Crippen LogP contribution in [0.5, 0.6) is 5.75 Å². The topological polar surface area (TPSA) is 75.7 Å². The largest absolute Gasteiger partial charge is 0.383 e. The van der Waals surface area contributed by atoms with Gasteiger partial charge in [0.2, 0.25) is 5.91 Å². The molecule has 2 aliphatic rings. The van der Waals surface area contributed by atoms with Gasteiger partial charge in [0.15, 0.2) is 0 Å². The Kier molecular flexibility index (Phi) is 7.34. The number of likely N-dealkylation sites (tertiary alicyclic amines) is 1. The Labute approximate surface area is 191 Å². The first kappa shape index (κ1) is 23.6. The standard InChI is InChI=1S/C23H28N2O4S.H2S/c1-30(27,28)29-20-11-7-10-19(16-20)23(12-13-23)22(26)24-21(17-25-14-5-6-15-25)18-8-3-2-4-9-18;/h2-4,7-11,16,21H,5-6,12-15,17H2,1H3,(H,24,26);1H2/t21-;/m1./s1. The lowest BCUT2D eigenvalue weighted by atomic mass is 9.93. The van der Waals surface area contributed by atoms with E-state index in [0.29, 0.717) is 0 Å². The molecule has 1 N–H and O–H groups in total. The second kappa shape index (κ2) is 9.63. The van der Waals surface area contributed by atoms with E-state index in [2.05, 4.69) is 22.3 Å². The van der Waals surface area contributed by atoms with E-state index >= 15 is 0 Å². The zero-order valence-electron chi connectivity index (χ0n) is 17.7. The van der Waals surface area contributed by atoms with Crippen LogP contribution in [0.15, 0.2) is 54.6 Å². The molecule has 0 radical (unpaired) electrons. The van der Waals surface area contributed by atoms with E-state index in [4.69, 9.17) is 4.18 Å². The molecule has 0 aromatic heterocycles. The molecule has 1 saturated heterocycles. The average molecular weight is 463 g/mol. The number of nitrogens with zero attached hydrogens (tertiary/aromatic N) is 1. The molecule has 0 spiro atoms. The smallest absolute Gasteiger partial charge is 0.306 e. The summed E-state index contributed by atoms with van der Waals surface area (Å²) in [5.41, 5.74) is 1.28. The summed E-state index contributed by atoms with van der Waals surface area (Å²) < 4.78 is 28.0. The van der Waals surface area contributed by atoms with Crippen molar-refractivity contribution in [1.82, 2.24) is 10.2 Å². The molecule has 0 bridgehead atoms. The van der Waals surface area contributed by atoms with Crippen molar-refractivity contribution < 1.29 is 17.4 Å². The second-order valence-corrected chi connectivity index (χ2v) is 9.92. The normalized spacial score (nSPS) is 18.6. The third-order valence-electron chi connectivity index (χ3n) is 5.97. The lowest BCUT2D eigenvalue weighted by Gasteiger charge is -2.27. The summed E-state index contributed by atoms with van der Waals surface area (Å²) in [5, 5.41) is 3.29. The van der Waals surface area contributed by atoms with E-state index in [9.17, 15) is 13.2 Å². The van der Waals surface area contributed by atoms with Crippen molar-refractivity contribution in [2.45, 2.75) is 37.1 Å². The van der Waals surface area contributed by atoms with Crippen LogP contribution >= 0.6 is 13.5 Å². The van der Waals surface area contributed by atoms with Gasteiger partial charge in [-0.25, -0.2) is 0 Å². The Morgan fingerprint density at radius 3 is 2.39 bits per heavy atom.